The number of hydrogen-bond acceptors (Lipinski definition) is 1. The molecule has 1 rings (SSSR count). The first-order valence-electron chi connectivity index (χ1n) is 4.78. The molecular formula is C11H18N2. The van der Waals surface area contributed by atoms with Gasteiger partial charge in [-0.25, -0.2) is 0 Å². The van der Waals surface area contributed by atoms with Gasteiger partial charge in [-0.3, -0.25) is 4.99 Å². The molecule has 72 valence electrons. The van der Waals surface area contributed by atoms with Gasteiger partial charge >= 0.3 is 0 Å². The van der Waals surface area contributed by atoms with Gasteiger partial charge in [0, 0.05) is 20.1 Å². The third-order valence-corrected chi connectivity index (χ3v) is 2.36. The lowest BCUT2D eigenvalue weighted by Crippen LogP contribution is -2.26. The number of likely N-dealkylation sites (tertiary alicyclic amines) is 1. The molecule has 1 fully saturated rings. The van der Waals surface area contributed by atoms with Gasteiger partial charge in [-0.05, 0) is 18.4 Å². The Morgan fingerprint density at radius 3 is 2.85 bits per heavy atom. The molecule has 0 saturated carbocycles. The summed E-state index contributed by atoms with van der Waals surface area (Å²) in [6, 6.07) is 0. The zero-order valence-electron chi connectivity index (χ0n) is 8.53. The second-order valence-corrected chi connectivity index (χ2v) is 3.52. The second-order valence-electron chi connectivity index (χ2n) is 3.52. The maximum absolute atomic E-state index is 4.25. The predicted octanol–water partition coefficient (Wildman–Crippen LogP) is 2.10. The molecule has 2 heteroatoms. The molecule has 1 aliphatic heterocycles. The minimum atomic E-state index is 0.800. The lowest BCUT2D eigenvalue weighted by atomic mass is 10.2. The minimum absolute atomic E-state index is 0.800. The van der Waals surface area contributed by atoms with Crippen molar-refractivity contribution in [1.82, 2.24) is 4.90 Å². The fraction of sp³-hybridized carbons (Fsp3) is 0.545. The van der Waals surface area contributed by atoms with Crippen LogP contribution in [0.1, 0.15) is 13.3 Å². The molecular weight excluding hydrogens is 160 g/mol. The molecule has 0 aromatic rings. The summed E-state index contributed by atoms with van der Waals surface area (Å²) >= 11 is 0. The summed E-state index contributed by atoms with van der Waals surface area (Å²) in [5.41, 5.74) is 0. The van der Waals surface area contributed by atoms with Gasteiger partial charge in [0.25, 0.3) is 0 Å². The molecule has 0 spiro atoms. The minimum Gasteiger partial charge on any atom is -0.357 e. The van der Waals surface area contributed by atoms with Crippen LogP contribution in [-0.2, 0) is 0 Å². The number of rotatable bonds is 2. The lowest BCUT2D eigenvalue weighted by Gasteiger charge is -2.17. The van der Waals surface area contributed by atoms with Crippen molar-refractivity contribution in [2.24, 2.45) is 10.9 Å². The van der Waals surface area contributed by atoms with E-state index in [0.29, 0.717) is 0 Å². The monoisotopic (exact) mass is 178 g/mol. The molecule has 0 radical (unpaired) electrons. The van der Waals surface area contributed by atoms with Crippen LogP contribution in [0.2, 0.25) is 0 Å². The summed E-state index contributed by atoms with van der Waals surface area (Å²) in [7, 11) is 1.84. The Labute approximate surface area is 80.7 Å². The van der Waals surface area contributed by atoms with Gasteiger partial charge in [-0.1, -0.05) is 25.7 Å². The molecule has 0 aromatic carbocycles. The van der Waals surface area contributed by atoms with E-state index in [2.05, 4.69) is 23.4 Å². The zero-order valence-corrected chi connectivity index (χ0v) is 8.53. The van der Waals surface area contributed by atoms with Crippen LogP contribution in [0.25, 0.3) is 0 Å². The van der Waals surface area contributed by atoms with E-state index in [-0.39, 0.29) is 0 Å². The predicted molar refractivity (Wildman–Crippen MR) is 58.1 cm³/mol. The molecule has 0 amide bonds. The van der Waals surface area contributed by atoms with E-state index in [1.807, 2.05) is 19.2 Å². The molecule has 1 heterocycles. The third-order valence-electron chi connectivity index (χ3n) is 2.36. The van der Waals surface area contributed by atoms with Gasteiger partial charge in [0.1, 0.15) is 5.84 Å². The van der Waals surface area contributed by atoms with Crippen molar-refractivity contribution in [3.8, 4) is 0 Å². The van der Waals surface area contributed by atoms with Crippen LogP contribution in [0.15, 0.2) is 29.8 Å². The standard InChI is InChI=1S/C11H18N2/c1-4-5-6-11(12-3)13-8-7-10(2)9-13/h4-6,10H,1,7-9H2,2-3H3/b6-5-,12-11?. The van der Waals surface area contributed by atoms with Crippen LogP contribution < -0.4 is 0 Å². The van der Waals surface area contributed by atoms with E-state index in [1.54, 1.807) is 6.08 Å². The molecule has 1 atom stereocenters. The van der Waals surface area contributed by atoms with Crippen molar-refractivity contribution in [3.63, 3.8) is 0 Å². The van der Waals surface area contributed by atoms with E-state index >= 15 is 0 Å². The van der Waals surface area contributed by atoms with E-state index in [0.717, 1.165) is 24.8 Å². The van der Waals surface area contributed by atoms with Crippen molar-refractivity contribution in [2.75, 3.05) is 20.1 Å². The molecule has 1 aliphatic rings. The Balaban J connectivity index is 2.58. The molecule has 2 nitrogen and oxygen atoms in total. The number of allylic oxidation sites excluding steroid dienone is 2. The zero-order chi connectivity index (χ0) is 9.68. The number of nitrogens with zero attached hydrogens (tertiary/aromatic N) is 2. The van der Waals surface area contributed by atoms with E-state index < -0.39 is 0 Å². The highest BCUT2D eigenvalue weighted by molar-refractivity contribution is 5.93. The molecule has 1 saturated heterocycles. The first-order chi connectivity index (χ1) is 6.27. The average Bonchev–Trinajstić information content (AvgIpc) is 2.54. The molecule has 0 N–H and O–H groups in total. The maximum atomic E-state index is 4.25. The molecule has 0 bridgehead atoms. The second kappa shape index (κ2) is 4.85. The van der Waals surface area contributed by atoms with Crippen LogP contribution in [0.4, 0.5) is 0 Å². The Kier molecular flexibility index (Phi) is 3.74. The van der Waals surface area contributed by atoms with E-state index in [1.165, 1.54) is 6.42 Å². The SMILES string of the molecule is C=C/C=C\C(=NC)N1CCC(C)C1. The third kappa shape index (κ3) is 2.72. The van der Waals surface area contributed by atoms with Crippen LogP contribution in [-0.4, -0.2) is 30.9 Å². The normalized spacial score (nSPS) is 24.3. The van der Waals surface area contributed by atoms with Gasteiger partial charge in [0.15, 0.2) is 0 Å². The summed E-state index contributed by atoms with van der Waals surface area (Å²) in [6.45, 7) is 8.20. The van der Waals surface area contributed by atoms with Gasteiger partial charge in [0.2, 0.25) is 0 Å². The maximum Gasteiger partial charge on any atom is 0.123 e. The Hall–Kier alpha value is -1.05. The molecule has 13 heavy (non-hydrogen) atoms. The number of aliphatic imine (C=N–C) groups is 1. The quantitative estimate of drug-likeness (QED) is 0.359. The molecule has 0 aliphatic carbocycles. The summed E-state index contributed by atoms with van der Waals surface area (Å²) in [5.74, 6) is 1.87. The highest BCUT2D eigenvalue weighted by Crippen LogP contribution is 2.15. The fourth-order valence-corrected chi connectivity index (χ4v) is 1.62. The van der Waals surface area contributed by atoms with Gasteiger partial charge in [-0.15, -0.1) is 0 Å². The highest BCUT2D eigenvalue weighted by atomic mass is 15.2. The van der Waals surface area contributed by atoms with Crippen LogP contribution in [0, 0.1) is 5.92 Å². The molecule has 0 aromatic heterocycles. The van der Waals surface area contributed by atoms with Crippen LogP contribution in [0.5, 0.6) is 0 Å². The molecule has 1 unspecified atom stereocenters. The van der Waals surface area contributed by atoms with Gasteiger partial charge in [0.05, 0.1) is 0 Å². The Morgan fingerprint density at radius 2 is 2.38 bits per heavy atom. The Bertz CT molecular complexity index is 228. The van der Waals surface area contributed by atoms with Gasteiger partial charge in [-0.2, -0.15) is 0 Å². The first kappa shape index (κ1) is 10.0. The summed E-state index contributed by atoms with van der Waals surface area (Å²) in [4.78, 5) is 6.57. The fourth-order valence-electron chi connectivity index (χ4n) is 1.62. The largest absolute Gasteiger partial charge is 0.357 e. The smallest absolute Gasteiger partial charge is 0.123 e. The average molecular weight is 178 g/mol. The number of hydrogen-bond donors (Lipinski definition) is 0. The summed E-state index contributed by atoms with van der Waals surface area (Å²) in [6.07, 6.45) is 7.02. The van der Waals surface area contributed by atoms with E-state index in [9.17, 15) is 0 Å². The van der Waals surface area contributed by atoms with Crippen molar-refractivity contribution < 1.29 is 0 Å². The summed E-state index contributed by atoms with van der Waals surface area (Å²) < 4.78 is 0. The van der Waals surface area contributed by atoms with Crippen LogP contribution in [0.3, 0.4) is 0 Å². The first-order valence-corrected chi connectivity index (χ1v) is 4.78. The topological polar surface area (TPSA) is 15.6 Å². The lowest BCUT2D eigenvalue weighted by molar-refractivity contribution is 0.496. The van der Waals surface area contributed by atoms with E-state index in [4.69, 9.17) is 0 Å². The van der Waals surface area contributed by atoms with Crippen molar-refractivity contribution in [3.05, 3.63) is 24.8 Å². The summed E-state index contributed by atoms with van der Waals surface area (Å²) in [5, 5.41) is 0. The van der Waals surface area contributed by atoms with Crippen molar-refractivity contribution in [2.45, 2.75) is 13.3 Å². The van der Waals surface area contributed by atoms with Crippen molar-refractivity contribution in [1.29, 1.82) is 0 Å². The Morgan fingerprint density at radius 1 is 1.62 bits per heavy atom. The van der Waals surface area contributed by atoms with Crippen LogP contribution >= 0.6 is 0 Å². The number of amidine groups is 1. The highest BCUT2D eigenvalue weighted by Gasteiger charge is 2.19. The van der Waals surface area contributed by atoms with Gasteiger partial charge < -0.3 is 4.90 Å². The van der Waals surface area contributed by atoms with Crippen molar-refractivity contribution >= 4 is 5.84 Å².